The number of halogens is 3. The number of fused-ring (bicyclic) bond motifs is 1. The fraction of sp³-hybridized carbons (Fsp3) is 0.0769. The molecular formula is C26H19F3N2O. The van der Waals surface area contributed by atoms with Crippen molar-refractivity contribution in [2.45, 2.75) is 12.6 Å². The summed E-state index contributed by atoms with van der Waals surface area (Å²) >= 11 is 0. The Morgan fingerprint density at radius 2 is 1.72 bits per heavy atom. The molecule has 1 heterocycles. The second kappa shape index (κ2) is 9.06. The van der Waals surface area contributed by atoms with Gasteiger partial charge in [-0.15, -0.1) is 0 Å². The molecule has 3 nitrogen and oxygen atoms in total. The number of benzene rings is 3. The van der Waals surface area contributed by atoms with Crippen LogP contribution in [0.25, 0.3) is 17.0 Å². The number of para-hydroxylation sites is 1. The Labute approximate surface area is 183 Å². The molecule has 0 aliphatic heterocycles. The molecule has 0 saturated heterocycles. The summed E-state index contributed by atoms with van der Waals surface area (Å²) < 4.78 is 39.9. The van der Waals surface area contributed by atoms with Crippen LogP contribution in [0, 0.1) is 0 Å². The molecule has 1 N–H and O–H groups in total. The number of aromatic nitrogens is 1. The summed E-state index contributed by atoms with van der Waals surface area (Å²) in [6.07, 6.45) is 1.06. The van der Waals surface area contributed by atoms with Crippen LogP contribution in [0.2, 0.25) is 0 Å². The minimum absolute atomic E-state index is 0.0227. The minimum Gasteiger partial charge on any atom is -0.320 e. The smallest absolute Gasteiger partial charge is 0.320 e. The highest BCUT2D eigenvalue weighted by Gasteiger charge is 2.31. The van der Waals surface area contributed by atoms with E-state index in [1.165, 1.54) is 6.07 Å². The lowest BCUT2D eigenvalue weighted by Crippen LogP contribution is -2.16. The first kappa shape index (κ1) is 21.3. The van der Waals surface area contributed by atoms with Gasteiger partial charge in [-0.3, -0.25) is 9.78 Å². The van der Waals surface area contributed by atoms with E-state index >= 15 is 0 Å². The number of amides is 1. The Morgan fingerprint density at radius 3 is 2.50 bits per heavy atom. The lowest BCUT2D eigenvalue weighted by Gasteiger charge is -2.14. The fourth-order valence-electron chi connectivity index (χ4n) is 3.42. The number of nitrogens with one attached hydrogen (secondary N) is 1. The van der Waals surface area contributed by atoms with Crippen LogP contribution in [-0.4, -0.2) is 10.9 Å². The number of nitrogens with zero attached hydrogens (tertiary/aromatic N) is 1. The molecule has 0 saturated carbocycles. The van der Waals surface area contributed by atoms with Crippen molar-refractivity contribution < 1.29 is 18.0 Å². The Hall–Kier alpha value is -3.93. The van der Waals surface area contributed by atoms with E-state index in [0.717, 1.165) is 23.1 Å². The summed E-state index contributed by atoms with van der Waals surface area (Å²) in [4.78, 5) is 17.3. The highest BCUT2D eigenvalue weighted by atomic mass is 19.4. The van der Waals surface area contributed by atoms with Crippen LogP contribution in [-0.2, 0) is 12.6 Å². The predicted octanol–water partition coefficient (Wildman–Crippen LogP) is 6.76. The van der Waals surface area contributed by atoms with E-state index in [1.807, 2.05) is 54.6 Å². The third-order valence-corrected chi connectivity index (χ3v) is 5.01. The highest BCUT2D eigenvalue weighted by Crippen LogP contribution is 2.31. The van der Waals surface area contributed by atoms with Crippen molar-refractivity contribution in [1.29, 1.82) is 0 Å². The van der Waals surface area contributed by atoms with E-state index in [4.69, 9.17) is 0 Å². The monoisotopic (exact) mass is 432 g/mol. The van der Waals surface area contributed by atoms with Gasteiger partial charge in [-0.1, -0.05) is 66.7 Å². The van der Waals surface area contributed by atoms with Crippen LogP contribution in [0.3, 0.4) is 0 Å². The summed E-state index contributed by atoms with van der Waals surface area (Å²) in [7, 11) is 0. The van der Waals surface area contributed by atoms with E-state index in [9.17, 15) is 18.0 Å². The van der Waals surface area contributed by atoms with Gasteiger partial charge in [-0.25, -0.2) is 0 Å². The summed E-state index contributed by atoms with van der Waals surface area (Å²) in [6.45, 7) is 0. The van der Waals surface area contributed by atoms with Gasteiger partial charge in [0.05, 0.1) is 16.8 Å². The quantitative estimate of drug-likeness (QED) is 0.378. The second-order valence-electron chi connectivity index (χ2n) is 7.22. The first-order chi connectivity index (χ1) is 15.4. The number of carbonyl (C=O) groups excluding carboxylic acids is 1. The number of pyridine rings is 1. The molecule has 0 atom stereocenters. The van der Waals surface area contributed by atoms with Gasteiger partial charge < -0.3 is 5.32 Å². The largest absolute Gasteiger partial charge is 0.416 e. The maximum absolute atomic E-state index is 13.3. The maximum atomic E-state index is 13.3. The molecule has 3 aromatic carbocycles. The standard InChI is InChI=1S/C26H19F3N2O/c27-26(28,29)21-15-14-19(10-4-9-18-7-2-1-3-8-18)22(17-21)25(32)31-23-13-5-11-20-12-6-16-30-24(20)23/h1-9,11-17H,10H2,(H,31,32)/b9-4+. The second-order valence-corrected chi connectivity index (χ2v) is 7.22. The van der Waals surface area contributed by atoms with E-state index in [2.05, 4.69) is 10.3 Å². The van der Waals surface area contributed by atoms with Gasteiger partial charge in [0.25, 0.3) is 5.91 Å². The van der Waals surface area contributed by atoms with E-state index in [0.29, 0.717) is 23.2 Å². The summed E-state index contributed by atoms with van der Waals surface area (Å²) in [6, 6.07) is 21.7. The number of allylic oxidation sites excluding steroid dienone is 1. The molecule has 0 bridgehead atoms. The van der Waals surface area contributed by atoms with Gasteiger partial charge in [0.15, 0.2) is 0 Å². The van der Waals surface area contributed by atoms with Gasteiger partial charge in [0, 0.05) is 17.1 Å². The first-order valence-corrected chi connectivity index (χ1v) is 9.98. The van der Waals surface area contributed by atoms with Gasteiger partial charge in [-0.2, -0.15) is 13.2 Å². The van der Waals surface area contributed by atoms with Gasteiger partial charge in [0.2, 0.25) is 0 Å². The van der Waals surface area contributed by atoms with Crippen molar-refractivity contribution in [3.8, 4) is 0 Å². The van der Waals surface area contributed by atoms with Crippen molar-refractivity contribution >= 4 is 28.6 Å². The zero-order valence-electron chi connectivity index (χ0n) is 16.9. The molecular weight excluding hydrogens is 413 g/mol. The maximum Gasteiger partial charge on any atom is 0.416 e. The molecule has 1 aromatic heterocycles. The zero-order valence-corrected chi connectivity index (χ0v) is 16.9. The van der Waals surface area contributed by atoms with E-state index in [1.54, 1.807) is 24.4 Å². The number of carbonyl (C=O) groups is 1. The molecule has 1 amide bonds. The van der Waals surface area contributed by atoms with Crippen molar-refractivity contribution in [3.05, 3.63) is 113 Å². The lowest BCUT2D eigenvalue weighted by atomic mass is 9.99. The van der Waals surface area contributed by atoms with E-state index < -0.39 is 17.6 Å². The zero-order chi connectivity index (χ0) is 22.6. The van der Waals surface area contributed by atoms with Crippen molar-refractivity contribution in [2.75, 3.05) is 5.32 Å². The topological polar surface area (TPSA) is 42.0 Å². The SMILES string of the molecule is O=C(Nc1cccc2cccnc12)c1cc(C(F)(F)F)ccc1C/C=C/c1ccccc1. The van der Waals surface area contributed by atoms with Crippen LogP contribution in [0.4, 0.5) is 18.9 Å². The lowest BCUT2D eigenvalue weighted by molar-refractivity contribution is -0.137. The Kier molecular flexibility index (Phi) is 6.03. The Morgan fingerprint density at radius 1 is 0.938 bits per heavy atom. The molecule has 0 spiro atoms. The number of hydrogen-bond donors (Lipinski definition) is 1. The molecule has 6 heteroatoms. The Balaban J connectivity index is 1.66. The summed E-state index contributed by atoms with van der Waals surface area (Å²) in [5, 5.41) is 3.56. The average Bonchev–Trinajstić information content (AvgIpc) is 2.79. The third-order valence-electron chi connectivity index (χ3n) is 5.01. The van der Waals surface area contributed by atoms with Crippen LogP contribution in [0.5, 0.6) is 0 Å². The molecule has 0 fully saturated rings. The van der Waals surface area contributed by atoms with Crippen LogP contribution < -0.4 is 5.32 Å². The molecule has 0 radical (unpaired) electrons. The molecule has 0 unspecified atom stereocenters. The summed E-state index contributed by atoms with van der Waals surface area (Å²) in [5.74, 6) is -0.614. The predicted molar refractivity (Wildman–Crippen MR) is 120 cm³/mol. The summed E-state index contributed by atoms with van der Waals surface area (Å²) in [5.41, 5.74) is 1.58. The van der Waals surface area contributed by atoms with Crippen LogP contribution in [0.15, 0.2) is 91.1 Å². The van der Waals surface area contributed by atoms with Crippen LogP contribution in [0.1, 0.15) is 27.0 Å². The van der Waals surface area contributed by atoms with Gasteiger partial charge >= 0.3 is 6.18 Å². The van der Waals surface area contributed by atoms with Crippen molar-refractivity contribution in [2.24, 2.45) is 0 Å². The van der Waals surface area contributed by atoms with E-state index in [-0.39, 0.29) is 5.56 Å². The van der Waals surface area contributed by atoms with Gasteiger partial charge in [0.1, 0.15) is 0 Å². The highest BCUT2D eigenvalue weighted by molar-refractivity contribution is 6.09. The fourth-order valence-corrected chi connectivity index (χ4v) is 3.42. The molecule has 160 valence electrons. The molecule has 4 aromatic rings. The average molecular weight is 432 g/mol. The first-order valence-electron chi connectivity index (χ1n) is 9.98. The van der Waals surface area contributed by atoms with Crippen molar-refractivity contribution in [3.63, 3.8) is 0 Å². The number of rotatable bonds is 5. The van der Waals surface area contributed by atoms with Crippen LogP contribution >= 0.6 is 0 Å². The normalized spacial score (nSPS) is 11.7. The van der Waals surface area contributed by atoms with Gasteiger partial charge in [-0.05, 0) is 41.8 Å². The number of alkyl halides is 3. The molecule has 4 rings (SSSR count). The molecule has 0 aliphatic carbocycles. The minimum atomic E-state index is -4.55. The van der Waals surface area contributed by atoms with Crippen molar-refractivity contribution in [1.82, 2.24) is 4.98 Å². The molecule has 0 aliphatic rings. The number of hydrogen-bond acceptors (Lipinski definition) is 2. The third kappa shape index (κ3) is 4.86. The Bertz CT molecular complexity index is 1280. The number of anilines is 1. The molecule has 32 heavy (non-hydrogen) atoms.